The molecule has 2 heterocycles. The molecule has 1 N–H and O–H groups in total. The van der Waals surface area contributed by atoms with Gasteiger partial charge in [0.25, 0.3) is 5.91 Å². The number of nitrogens with one attached hydrogen (secondary N) is 1. The van der Waals surface area contributed by atoms with E-state index in [1.807, 2.05) is 18.2 Å². The minimum absolute atomic E-state index is 0.0916. The fraction of sp³-hybridized carbons (Fsp3) is 0.462. The van der Waals surface area contributed by atoms with E-state index in [-0.39, 0.29) is 12.5 Å². The Labute approximate surface area is 106 Å². The van der Waals surface area contributed by atoms with Gasteiger partial charge in [-0.3, -0.25) is 9.69 Å². The van der Waals surface area contributed by atoms with Crippen LogP contribution in [0.3, 0.4) is 0 Å². The van der Waals surface area contributed by atoms with Gasteiger partial charge >= 0.3 is 0 Å². The second-order valence-corrected chi connectivity index (χ2v) is 4.56. The second-order valence-electron chi connectivity index (χ2n) is 4.56. The third-order valence-electron chi connectivity index (χ3n) is 3.19. The van der Waals surface area contributed by atoms with Crippen molar-refractivity contribution in [3.05, 3.63) is 23.8 Å². The fourth-order valence-electron chi connectivity index (χ4n) is 2.25. The molecule has 2 aliphatic rings. The molecule has 0 bridgehead atoms. The Morgan fingerprint density at radius 2 is 2.11 bits per heavy atom. The van der Waals surface area contributed by atoms with Crippen LogP contribution in [0.15, 0.2) is 18.2 Å². The lowest BCUT2D eigenvalue weighted by molar-refractivity contribution is -0.118. The van der Waals surface area contributed by atoms with Crippen LogP contribution in [0.1, 0.15) is 5.56 Å². The zero-order chi connectivity index (χ0) is 12.4. The fourth-order valence-corrected chi connectivity index (χ4v) is 2.25. The number of carbonyl (C=O) groups excluding carboxylic acids is 1. The van der Waals surface area contributed by atoms with Crippen molar-refractivity contribution < 1.29 is 14.3 Å². The molecule has 2 aliphatic heterocycles. The van der Waals surface area contributed by atoms with Gasteiger partial charge in [-0.05, 0) is 17.7 Å². The van der Waals surface area contributed by atoms with Gasteiger partial charge in [-0.15, -0.1) is 0 Å². The highest BCUT2D eigenvalue weighted by atomic mass is 16.5. The Kier molecular flexibility index (Phi) is 3.17. The predicted molar refractivity (Wildman–Crippen MR) is 66.7 cm³/mol. The van der Waals surface area contributed by atoms with Crippen LogP contribution in [0.4, 0.5) is 5.69 Å². The summed E-state index contributed by atoms with van der Waals surface area (Å²) in [6.07, 6.45) is 0. The van der Waals surface area contributed by atoms with Gasteiger partial charge in [0.15, 0.2) is 6.61 Å². The SMILES string of the molecule is O=C1COc2ccc(CN3CCOCC3)cc2N1. The van der Waals surface area contributed by atoms with Gasteiger partial charge in [-0.2, -0.15) is 0 Å². The number of benzene rings is 1. The molecule has 1 amide bonds. The number of hydrogen-bond donors (Lipinski definition) is 1. The van der Waals surface area contributed by atoms with Gasteiger partial charge in [0, 0.05) is 19.6 Å². The van der Waals surface area contributed by atoms with E-state index in [2.05, 4.69) is 10.2 Å². The van der Waals surface area contributed by atoms with Gasteiger partial charge in [0.1, 0.15) is 5.75 Å². The summed E-state index contributed by atoms with van der Waals surface area (Å²) in [5, 5.41) is 2.83. The highest BCUT2D eigenvalue weighted by Crippen LogP contribution is 2.28. The van der Waals surface area contributed by atoms with Crippen molar-refractivity contribution in [1.29, 1.82) is 0 Å². The molecule has 3 rings (SSSR count). The summed E-state index contributed by atoms with van der Waals surface area (Å²) in [6.45, 7) is 4.50. The Bertz CT molecular complexity index is 456. The van der Waals surface area contributed by atoms with E-state index >= 15 is 0 Å². The molecule has 18 heavy (non-hydrogen) atoms. The van der Waals surface area contributed by atoms with E-state index < -0.39 is 0 Å². The Balaban J connectivity index is 1.73. The smallest absolute Gasteiger partial charge is 0.262 e. The lowest BCUT2D eigenvalue weighted by Crippen LogP contribution is -2.35. The molecule has 1 saturated heterocycles. The van der Waals surface area contributed by atoms with Crippen molar-refractivity contribution >= 4 is 11.6 Å². The number of ether oxygens (including phenoxy) is 2. The molecule has 0 aromatic heterocycles. The molecule has 1 aromatic rings. The number of carbonyl (C=O) groups is 1. The number of nitrogens with zero attached hydrogens (tertiary/aromatic N) is 1. The number of fused-ring (bicyclic) bond motifs is 1. The lowest BCUT2D eigenvalue weighted by atomic mass is 10.1. The summed E-state index contributed by atoms with van der Waals surface area (Å²) in [4.78, 5) is 13.6. The lowest BCUT2D eigenvalue weighted by Gasteiger charge is -2.27. The average Bonchev–Trinajstić information content (AvgIpc) is 2.39. The topological polar surface area (TPSA) is 50.8 Å². The molecule has 96 valence electrons. The van der Waals surface area contributed by atoms with Crippen LogP contribution in [0.25, 0.3) is 0 Å². The number of hydrogen-bond acceptors (Lipinski definition) is 4. The monoisotopic (exact) mass is 248 g/mol. The van der Waals surface area contributed by atoms with Gasteiger partial charge < -0.3 is 14.8 Å². The first-order valence-electron chi connectivity index (χ1n) is 6.17. The number of rotatable bonds is 2. The van der Waals surface area contributed by atoms with Crippen LogP contribution < -0.4 is 10.1 Å². The van der Waals surface area contributed by atoms with Gasteiger partial charge in [0.05, 0.1) is 18.9 Å². The van der Waals surface area contributed by atoms with E-state index in [9.17, 15) is 4.79 Å². The average molecular weight is 248 g/mol. The predicted octanol–water partition coefficient (Wildman–Crippen LogP) is 0.850. The molecule has 0 aliphatic carbocycles. The molecular formula is C13H16N2O3. The summed E-state index contributed by atoms with van der Waals surface area (Å²) in [5.41, 5.74) is 1.96. The maximum Gasteiger partial charge on any atom is 0.262 e. The van der Waals surface area contributed by atoms with Crippen LogP contribution in [0.5, 0.6) is 5.75 Å². The van der Waals surface area contributed by atoms with Crippen molar-refractivity contribution in [2.75, 3.05) is 38.2 Å². The van der Waals surface area contributed by atoms with Gasteiger partial charge in [0.2, 0.25) is 0 Å². The Morgan fingerprint density at radius 3 is 2.94 bits per heavy atom. The zero-order valence-corrected chi connectivity index (χ0v) is 10.1. The quantitative estimate of drug-likeness (QED) is 0.843. The Hall–Kier alpha value is -1.59. The van der Waals surface area contributed by atoms with Crippen LogP contribution in [-0.2, 0) is 16.1 Å². The van der Waals surface area contributed by atoms with Crippen LogP contribution in [0, 0.1) is 0 Å². The normalized spacial score (nSPS) is 19.9. The first kappa shape index (κ1) is 11.5. The van der Waals surface area contributed by atoms with Crippen LogP contribution in [-0.4, -0.2) is 43.7 Å². The summed E-state index contributed by atoms with van der Waals surface area (Å²) >= 11 is 0. The van der Waals surface area contributed by atoms with Crippen molar-refractivity contribution in [3.8, 4) is 5.75 Å². The third-order valence-corrected chi connectivity index (χ3v) is 3.19. The van der Waals surface area contributed by atoms with E-state index in [0.29, 0.717) is 0 Å². The first-order valence-corrected chi connectivity index (χ1v) is 6.17. The van der Waals surface area contributed by atoms with E-state index in [1.165, 1.54) is 5.56 Å². The highest BCUT2D eigenvalue weighted by molar-refractivity contribution is 5.95. The van der Waals surface area contributed by atoms with E-state index in [4.69, 9.17) is 9.47 Å². The molecule has 1 fully saturated rings. The summed E-state index contributed by atoms with van der Waals surface area (Å²) in [7, 11) is 0. The minimum Gasteiger partial charge on any atom is -0.482 e. The molecule has 5 heteroatoms. The first-order chi connectivity index (χ1) is 8.81. The molecule has 0 radical (unpaired) electrons. The van der Waals surface area contributed by atoms with Crippen LogP contribution >= 0.6 is 0 Å². The molecule has 0 atom stereocenters. The third kappa shape index (κ3) is 2.47. The van der Waals surface area contributed by atoms with Crippen molar-refractivity contribution in [2.45, 2.75) is 6.54 Å². The van der Waals surface area contributed by atoms with Crippen molar-refractivity contribution in [2.24, 2.45) is 0 Å². The standard InChI is InChI=1S/C13H16N2O3/c16-13-9-18-12-2-1-10(7-11(12)14-13)8-15-3-5-17-6-4-15/h1-2,7H,3-6,8-9H2,(H,14,16). The van der Waals surface area contributed by atoms with E-state index in [1.54, 1.807) is 0 Å². The van der Waals surface area contributed by atoms with Crippen LogP contribution in [0.2, 0.25) is 0 Å². The Morgan fingerprint density at radius 1 is 1.28 bits per heavy atom. The van der Waals surface area contributed by atoms with Crippen molar-refractivity contribution in [1.82, 2.24) is 4.90 Å². The van der Waals surface area contributed by atoms with Gasteiger partial charge in [-0.25, -0.2) is 0 Å². The minimum atomic E-state index is -0.0916. The summed E-state index contributed by atoms with van der Waals surface area (Å²) in [6, 6.07) is 5.96. The largest absolute Gasteiger partial charge is 0.482 e. The molecule has 1 aromatic carbocycles. The number of morpholine rings is 1. The van der Waals surface area contributed by atoms with Crippen molar-refractivity contribution in [3.63, 3.8) is 0 Å². The summed E-state index contributed by atoms with van der Waals surface area (Å²) < 4.78 is 10.7. The maximum atomic E-state index is 11.3. The highest BCUT2D eigenvalue weighted by Gasteiger charge is 2.17. The number of amides is 1. The molecule has 0 saturated carbocycles. The second kappa shape index (κ2) is 4.96. The maximum absolute atomic E-state index is 11.3. The zero-order valence-electron chi connectivity index (χ0n) is 10.1. The number of anilines is 1. The molecular weight excluding hydrogens is 232 g/mol. The summed E-state index contributed by atoms with van der Waals surface area (Å²) in [5.74, 6) is 0.659. The molecule has 0 unspecified atom stereocenters. The molecule has 5 nitrogen and oxygen atoms in total. The molecule has 0 spiro atoms. The van der Waals surface area contributed by atoms with E-state index in [0.717, 1.165) is 44.3 Å². The van der Waals surface area contributed by atoms with Gasteiger partial charge in [-0.1, -0.05) is 6.07 Å².